The SMILES string of the molecule is CCCC1CN(CC(C)(C)OC)C(c2ccccc2)CN1. The van der Waals surface area contributed by atoms with Gasteiger partial charge >= 0.3 is 0 Å². The highest BCUT2D eigenvalue weighted by atomic mass is 16.5. The molecule has 118 valence electrons. The second-order valence-electron chi connectivity index (χ2n) is 6.71. The van der Waals surface area contributed by atoms with E-state index < -0.39 is 0 Å². The molecule has 0 aliphatic carbocycles. The fraction of sp³-hybridized carbons (Fsp3) is 0.667. The van der Waals surface area contributed by atoms with E-state index in [4.69, 9.17) is 4.74 Å². The zero-order chi connectivity index (χ0) is 15.3. The van der Waals surface area contributed by atoms with E-state index in [0.29, 0.717) is 12.1 Å². The first kappa shape index (κ1) is 16.5. The van der Waals surface area contributed by atoms with E-state index >= 15 is 0 Å². The summed E-state index contributed by atoms with van der Waals surface area (Å²) in [6.07, 6.45) is 2.47. The Bertz CT molecular complexity index is 418. The summed E-state index contributed by atoms with van der Waals surface area (Å²) in [5.74, 6) is 0. The summed E-state index contributed by atoms with van der Waals surface area (Å²) in [7, 11) is 1.81. The summed E-state index contributed by atoms with van der Waals surface area (Å²) in [5.41, 5.74) is 1.29. The number of hydrogen-bond donors (Lipinski definition) is 1. The van der Waals surface area contributed by atoms with Crippen LogP contribution in [0.1, 0.15) is 45.2 Å². The van der Waals surface area contributed by atoms with Crippen LogP contribution in [0.2, 0.25) is 0 Å². The number of ether oxygens (including phenoxy) is 1. The highest BCUT2D eigenvalue weighted by Crippen LogP contribution is 2.27. The predicted octanol–water partition coefficient (Wildman–Crippen LogP) is 3.23. The highest BCUT2D eigenvalue weighted by Gasteiger charge is 2.32. The van der Waals surface area contributed by atoms with Gasteiger partial charge in [-0.15, -0.1) is 0 Å². The first-order chi connectivity index (χ1) is 10.1. The van der Waals surface area contributed by atoms with Gasteiger partial charge < -0.3 is 10.1 Å². The lowest BCUT2D eigenvalue weighted by Gasteiger charge is -2.43. The predicted molar refractivity (Wildman–Crippen MR) is 88.5 cm³/mol. The fourth-order valence-electron chi connectivity index (χ4n) is 3.16. The molecule has 2 unspecified atom stereocenters. The minimum absolute atomic E-state index is 0.110. The number of methoxy groups -OCH3 is 1. The molecule has 1 fully saturated rings. The number of piperazine rings is 1. The topological polar surface area (TPSA) is 24.5 Å². The van der Waals surface area contributed by atoms with E-state index in [0.717, 1.165) is 19.6 Å². The van der Waals surface area contributed by atoms with Gasteiger partial charge in [0.15, 0.2) is 0 Å². The van der Waals surface area contributed by atoms with Gasteiger partial charge in [-0.2, -0.15) is 0 Å². The van der Waals surface area contributed by atoms with Crippen LogP contribution in [0.4, 0.5) is 0 Å². The zero-order valence-corrected chi connectivity index (χ0v) is 13.9. The van der Waals surface area contributed by atoms with Gasteiger partial charge in [0.2, 0.25) is 0 Å². The standard InChI is InChI=1S/C18H30N2O/c1-5-9-16-13-20(14-18(2,3)21-4)17(12-19-16)15-10-7-6-8-11-15/h6-8,10-11,16-17,19H,5,9,12-14H2,1-4H3. The molecule has 0 amide bonds. The van der Waals surface area contributed by atoms with Crippen molar-refractivity contribution in [3.8, 4) is 0 Å². The maximum atomic E-state index is 5.66. The van der Waals surface area contributed by atoms with Crippen LogP contribution in [0.5, 0.6) is 0 Å². The maximum Gasteiger partial charge on any atom is 0.0749 e. The van der Waals surface area contributed by atoms with Crippen LogP contribution < -0.4 is 5.32 Å². The van der Waals surface area contributed by atoms with Crippen molar-refractivity contribution in [3.05, 3.63) is 35.9 Å². The van der Waals surface area contributed by atoms with Crippen LogP contribution in [0.3, 0.4) is 0 Å². The van der Waals surface area contributed by atoms with Crippen LogP contribution in [-0.2, 0) is 4.74 Å². The average Bonchev–Trinajstić information content (AvgIpc) is 2.48. The van der Waals surface area contributed by atoms with Gasteiger partial charge in [0.25, 0.3) is 0 Å². The first-order valence-corrected chi connectivity index (χ1v) is 8.13. The Labute approximate surface area is 129 Å². The Morgan fingerprint density at radius 1 is 1.29 bits per heavy atom. The van der Waals surface area contributed by atoms with Gasteiger partial charge in [-0.05, 0) is 25.8 Å². The summed E-state index contributed by atoms with van der Waals surface area (Å²) < 4.78 is 5.66. The number of rotatable bonds is 6. The Hall–Kier alpha value is -0.900. The Morgan fingerprint density at radius 3 is 2.62 bits per heavy atom. The molecule has 1 heterocycles. The van der Waals surface area contributed by atoms with E-state index in [-0.39, 0.29) is 5.60 Å². The minimum Gasteiger partial charge on any atom is -0.377 e. The van der Waals surface area contributed by atoms with Crippen molar-refractivity contribution < 1.29 is 4.74 Å². The second kappa shape index (κ2) is 7.39. The lowest BCUT2D eigenvalue weighted by Crippen LogP contribution is -2.55. The van der Waals surface area contributed by atoms with Crippen molar-refractivity contribution in [2.45, 2.75) is 51.3 Å². The molecule has 3 nitrogen and oxygen atoms in total. The van der Waals surface area contributed by atoms with E-state index in [1.54, 1.807) is 0 Å². The van der Waals surface area contributed by atoms with Crippen molar-refractivity contribution in [1.29, 1.82) is 0 Å². The van der Waals surface area contributed by atoms with Crippen molar-refractivity contribution >= 4 is 0 Å². The summed E-state index contributed by atoms with van der Waals surface area (Å²) in [4.78, 5) is 2.59. The fourth-order valence-corrected chi connectivity index (χ4v) is 3.16. The molecular formula is C18H30N2O. The van der Waals surface area contributed by atoms with E-state index in [9.17, 15) is 0 Å². The van der Waals surface area contributed by atoms with E-state index in [2.05, 4.69) is 61.3 Å². The molecule has 0 bridgehead atoms. The molecule has 3 heteroatoms. The molecule has 1 aromatic carbocycles. The first-order valence-electron chi connectivity index (χ1n) is 8.13. The summed E-state index contributed by atoms with van der Waals surface area (Å²) >= 11 is 0. The third-order valence-electron chi connectivity index (χ3n) is 4.45. The molecule has 2 rings (SSSR count). The van der Waals surface area contributed by atoms with Crippen molar-refractivity contribution in [2.24, 2.45) is 0 Å². The Morgan fingerprint density at radius 2 is 2.00 bits per heavy atom. The number of nitrogens with one attached hydrogen (secondary N) is 1. The quantitative estimate of drug-likeness (QED) is 0.870. The van der Waals surface area contributed by atoms with Gasteiger partial charge in [0, 0.05) is 38.8 Å². The average molecular weight is 290 g/mol. The van der Waals surface area contributed by atoms with Crippen LogP contribution >= 0.6 is 0 Å². The lowest BCUT2D eigenvalue weighted by molar-refractivity contribution is -0.0278. The van der Waals surface area contributed by atoms with Crippen molar-refractivity contribution in [2.75, 3.05) is 26.7 Å². The highest BCUT2D eigenvalue weighted by molar-refractivity contribution is 5.20. The number of hydrogen-bond acceptors (Lipinski definition) is 3. The van der Waals surface area contributed by atoms with E-state index in [1.165, 1.54) is 18.4 Å². The largest absolute Gasteiger partial charge is 0.377 e. The molecular weight excluding hydrogens is 260 g/mol. The van der Waals surface area contributed by atoms with Gasteiger partial charge in [-0.25, -0.2) is 0 Å². The molecule has 0 saturated carbocycles. The molecule has 0 spiro atoms. The van der Waals surface area contributed by atoms with Crippen molar-refractivity contribution in [3.63, 3.8) is 0 Å². The van der Waals surface area contributed by atoms with Crippen LogP contribution in [0, 0.1) is 0 Å². The maximum absolute atomic E-state index is 5.66. The Balaban J connectivity index is 2.14. The zero-order valence-electron chi connectivity index (χ0n) is 13.9. The smallest absolute Gasteiger partial charge is 0.0749 e. The molecule has 0 aromatic heterocycles. The second-order valence-corrected chi connectivity index (χ2v) is 6.71. The van der Waals surface area contributed by atoms with Crippen LogP contribution in [-0.4, -0.2) is 43.3 Å². The normalized spacial score (nSPS) is 24.2. The van der Waals surface area contributed by atoms with Gasteiger partial charge in [-0.1, -0.05) is 43.7 Å². The molecule has 1 aliphatic heterocycles. The van der Waals surface area contributed by atoms with Gasteiger partial charge in [-0.3, -0.25) is 4.90 Å². The molecule has 1 N–H and O–H groups in total. The monoisotopic (exact) mass is 290 g/mol. The summed E-state index contributed by atoms with van der Waals surface area (Å²) in [6, 6.07) is 11.9. The molecule has 21 heavy (non-hydrogen) atoms. The minimum atomic E-state index is -0.110. The molecule has 1 aliphatic rings. The Kier molecular flexibility index (Phi) is 5.80. The molecule has 1 saturated heterocycles. The molecule has 1 aromatic rings. The third kappa shape index (κ3) is 4.53. The molecule has 2 atom stereocenters. The third-order valence-corrected chi connectivity index (χ3v) is 4.45. The lowest BCUT2D eigenvalue weighted by atomic mass is 9.97. The number of nitrogens with zero attached hydrogens (tertiary/aromatic N) is 1. The van der Waals surface area contributed by atoms with Gasteiger partial charge in [0.1, 0.15) is 0 Å². The molecule has 0 radical (unpaired) electrons. The van der Waals surface area contributed by atoms with Gasteiger partial charge in [0.05, 0.1) is 5.60 Å². The van der Waals surface area contributed by atoms with Crippen molar-refractivity contribution in [1.82, 2.24) is 10.2 Å². The summed E-state index contributed by atoms with van der Waals surface area (Å²) in [5, 5.41) is 3.72. The van der Waals surface area contributed by atoms with Crippen LogP contribution in [0.15, 0.2) is 30.3 Å². The summed E-state index contributed by atoms with van der Waals surface area (Å²) in [6.45, 7) is 9.69. The van der Waals surface area contributed by atoms with E-state index in [1.807, 2.05) is 7.11 Å². The van der Waals surface area contributed by atoms with Crippen LogP contribution in [0.25, 0.3) is 0 Å². The number of benzene rings is 1.